The number of hydrogen-bond acceptors (Lipinski definition) is 7. The zero-order chi connectivity index (χ0) is 21.1. The molecule has 4 rings (SSSR count). The highest BCUT2D eigenvalue weighted by Crippen LogP contribution is 2.21. The molecule has 0 bridgehead atoms. The molecule has 1 aliphatic heterocycles. The Morgan fingerprint density at radius 1 is 1.00 bits per heavy atom. The lowest BCUT2D eigenvalue weighted by Crippen LogP contribution is -2.48. The highest BCUT2D eigenvalue weighted by atomic mass is 35.5. The standard InChI is InChI=1S/C19H21ClN6O3S/c1-29-17-6-8-18(9-7-17)30(27,28)25-12-10-24(11-13-25)14-19-21-22-23-26(19)16-4-2-15(20)3-5-16/h2-9H,10-14H2,1H3. The lowest BCUT2D eigenvalue weighted by Gasteiger charge is -2.33. The van der Waals surface area contributed by atoms with Gasteiger partial charge in [0.25, 0.3) is 0 Å². The molecule has 11 heteroatoms. The van der Waals surface area contributed by atoms with Crippen LogP contribution in [0.4, 0.5) is 0 Å². The quantitative estimate of drug-likeness (QED) is 0.567. The SMILES string of the molecule is COc1ccc(S(=O)(=O)N2CCN(Cc3nnnn3-c3ccc(Cl)cc3)CC2)cc1. The lowest BCUT2D eigenvalue weighted by molar-refractivity contribution is 0.177. The van der Waals surface area contributed by atoms with Crippen LogP contribution in [0.5, 0.6) is 5.75 Å². The summed E-state index contributed by atoms with van der Waals surface area (Å²) in [5.74, 6) is 1.31. The van der Waals surface area contributed by atoms with Crippen molar-refractivity contribution in [2.75, 3.05) is 33.3 Å². The number of methoxy groups -OCH3 is 1. The van der Waals surface area contributed by atoms with Crippen LogP contribution in [-0.2, 0) is 16.6 Å². The van der Waals surface area contributed by atoms with Gasteiger partial charge in [-0.2, -0.15) is 8.99 Å². The second-order valence-electron chi connectivity index (χ2n) is 6.84. The van der Waals surface area contributed by atoms with Gasteiger partial charge < -0.3 is 4.74 Å². The summed E-state index contributed by atoms with van der Waals surface area (Å²) in [6, 6.07) is 13.7. The molecule has 0 amide bonds. The van der Waals surface area contributed by atoms with Crippen LogP contribution in [-0.4, -0.2) is 71.1 Å². The van der Waals surface area contributed by atoms with E-state index in [2.05, 4.69) is 20.4 Å². The number of halogens is 1. The minimum Gasteiger partial charge on any atom is -0.497 e. The van der Waals surface area contributed by atoms with Gasteiger partial charge >= 0.3 is 0 Å². The van der Waals surface area contributed by atoms with Crippen molar-refractivity contribution < 1.29 is 13.2 Å². The molecule has 0 saturated carbocycles. The van der Waals surface area contributed by atoms with Crippen LogP contribution >= 0.6 is 11.6 Å². The molecule has 9 nitrogen and oxygen atoms in total. The van der Waals surface area contributed by atoms with Crippen molar-refractivity contribution in [3.8, 4) is 11.4 Å². The van der Waals surface area contributed by atoms with Gasteiger partial charge in [0.2, 0.25) is 10.0 Å². The fourth-order valence-corrected chi connectivity index (χ4v) is 4.86. The van der Waals surface area contributed by atoms with Gasteiger partial charge in [0.15, 0.2) is 5.82 Å². The number of sulfonamides is 1. The summed E-state index contributed by atoms with van der Waals surface area (Å²) < 4.78 is 34.1. The maximum Gasteiger partial charge on any atom is 0.243 e. The van der Waals surface area contributed by atoms with E-state index in [4.69, 9.17) is 16.3 Å². The molecule has 1 saturated heterocycles. The third-order valence-corrected chi connectivity index (χ3v) is 7.16. The Morgan fingerprint density at radius 2 is 1.67 bits per heavy atom. The van der Waals surface area contributed by atoms with E-state index in [1.807, 2.05) is 12.1 Å². The molecule has 0 N–H and O–H groups in total. The maximum absolute atomic E-state index is 12.9. The zero-order valence-corrected chi connectivity index (χ0v) is 17.9. The van der Waals surface area contributed by atoms with Crippen LogP contribution in [0, 0.1) is 0 Å². The van der Waals surface area contributed by atoms with Gasteiger partial charge in [0.1, 0.15) is 5.75 Å². The number of nitrogens with zero attached hydrogens (tertiary/aromatic N) is 6. The van der Waals surface area contributed by atoms with E-state index in [1.54, 1.807) is 48.2 Å². The molecule has 0 atom stereocenters. The van der Waals surface area contributed by atoms with E-state index in [9.17, 15) is 8.42 Å². The summed E-state index contributed by atoms with van der Waals surface area (Å²) in [5.41, 5.74) is 0.820. The van der Waals surface area contributed by atoms with Gasteiger partial charge in [-0.05, 0) is 59.0 Å². The van der Waals surface area contributed by atoms with E-state index in [0.717, 1.165) is 5.69 Å². The van der Waals surface area contributed by atoms with Crippen LogP contribution in [0.2, 0.25) is 5.02 Å². The van der Waals surface area contributed by atoms with Crippen LogP contribution in [0.3, 0.4) is 0 Å². The molecule has 30 heavy (non-hydrogen) atoms. The number of benzene rings is 2. The summed E-state index contributed by atoms with van der Waals surface area (Å²) in [4.78, 5) is 2.40. The van der Waals surface area contributed by atoms with Crippen molar-refractivity contribution in [2.24, 2.45) is 0 Å². The monoisotopic (exact) mass is 448 g/mol. The zero-order valence-electron chi connectivity index (χ0n) is 16.3. The van der Waals surface area contributed by atoms with Crippen LogP contribution in [0.25, 0.3) is 5.69 Å². The van der Waals surface area contributed by atoms with Crippen molar-refractivity contribution in [3.63, 3.8) is 0 Å². The third-order valence-electron chi connectivity index (χ3n) is 5.00. The molecule has 2 heterocycles. The molecule has 158 valence electrons. The molecule has 0 spiro atoms. The highest BCUT2D eigenvalue weighted by Gasteiger charge is 2.29. The average molecular weight is 449 g/mol. The molecule has 1 fully saturated rings. The first-order valence-electron chi connectivity index (χ1n) is 9.37. The summed E-state index contributed by atoms with van der Waals surface area (Å²) >= 11 is 5.95. The van der Waals surface area contributed by atoms with Crippen LogP contribution < -0.4 is 4.74 Å². The molecule has 0 aliphatic carbocycles. The Bertz CT molecular complexity index is 1090. The molecule has 1 aromatic heterocycles. The first kappa shape index (κ1) is 20.7. The van der Waals surface area contributed by atoms with E-state index in [-0.39, 0.29) is 4.90 Å². The molecular formula is C19H21ClN6O3S. The number of ether oxygens (including phenoxy) is 1. The summed E-state index contributed by atoms with van der Waals surface area (Å²) in [5, 5.41) is 12.6. The normalized spacial score (nSPS) is 15.9. The fourth-order valence-electron chi connectivity index (χ4n) is 3.31. The van der Waals surface area contributed by atoms with Crippen molar-refractivity contribution in [1.82, 2.24) is 29.4 Å². The number of hydrogen-bond donors (Lipinski definition) is 0. The van der Waals surface area contributed by atoms with Gasteiger partial charge in [0.05, 0.1) is 24.2 Å². The van der Waals surface area contributed by atoms with E-state index in [1.165, 1.54) is 4.31 Å². The first-order chi connectivity index (χ1) is 14.5. The lowest BCUT2D eigenvalue weighted by atomic mass is 10.3. The molecule has 0 radical (unpaired) electrons. The van der Waals surface area contributed by atoms with Crippen molar-refractivity contribution in [1.29, 1.82) is 0 Å². The predicted molar refractivity (Wildman–Crippen MR) is 111 cm³/mol. The van der Waals surface area contributed by atoms with Crippen molar-refractivity contribution in [2.45, 2.75) is 11.4 Å². The Morgan fingerprint density at radius 3 is 2.30 bits per heavy atom. The Balaban J connectivity index is 1.41. The van der Waals surface area contributed by atoms with Crippen molar-refractivity contribution >= 4 is 21.6 Å². The Labute approximate surface area is 179 Å². The van der Waals surface area contributed by atoms with Gasteiger partial charge in [-0.1, -0.05) is 11.6 Å². The van der Waals surface area contributed by atoms with E-state index >= 15 is 0 Å². The summed E-state index contributed by atoms with van der Waals surface area (Å²) in [6.45, 7) is 2.49. The molecule has 2 aromatic carbocycles. The molecular weight excluding hydrogens is 428 g/mol. The van der Waals surface area contributed by atoms with Gasteiger partial charge in [-0.3, -0.25) is 4.90 Å². The average Bonchev–Trinajstić information content (AvgIpc) is 3.23. The molecule has 1 aliphatic rings. The predicted octanol–water partition coefficient (Wildman–Crippen LogP) is 1.83. The van der Waals surface area contributed by atoms with Gasteiger partial charge in [-0.25, -0.2) is 8.42 Å². The minimum absolute atomic E-state index is 0.267. The fraction of sp³-hybridized carbons (Fsp3) is 0.316. The largest absolute Gasteiger partial charge is 0.497 e. The molecule has 0 unspecified atom stereocenters. The number of piperazine rings is 1. The summed E-state index contributed by atoms with van der Waals surface area (Å²) in [7, 11) is -1.99. The second-order valence-corrected chi connectivity index (χ2v) is 9.21. The Hall–Kier alpha value is -2.53. The third kappa shape index (κ3) is 4.31. The van der Waals surface area contributed by atoms with Crippen LogP contribution in [0.15, 0.2) is 53.4 Å². The maximum atomic E-state index is 12.9. The summed E-state index contributed by atoms with van der Waals surface area (Å²) in [6.07, 6.45) is 0. The smallest absolute Gasteiger partial charge is 0.243 e. The van der Waals surface area contributed by atoms with Gasteiger partial charge in [0, 0.05) is 31.2 Å². The number of aromatic nitrogens is 4. The molecule has 3 aromatic rings. The van der Waals surface area contributed by atoms with Crippen molar-refractivity contribution in [3.05, 3.63) is 59.4 Å². The van der Waals surface area contributed by atoms with E-state index < -0.39 is 10.0 Å². The number of tetrazole rings is 1. The number of rotatable bonds is 6. The van der Waals surface area contributed by atoms with Gasteiger partial charge in [-0.15, -0.1) is 5.10 Å². The minimum atomic E-state index is -3.53. The Kier molecular flexibility index (Phi) is 6.00. The second kappa shape index (κ2) is 8.68. The van der Waals surface area contributed by atoms with Crippen LogP contribution in [0.1, 0.15) is 5.82 Å². The topological polar surface area (TPSA) is 93.5 Å². The first-order valence-corrected chi connectivity index (χ1v) is 11.2. The highest BCUT2D eigenvalue weighted by molar-refractivity contribution is 7.89. The van der Waals surface area contributed by atoms with E-state index in [0.29, 0.717) is 49.3 Å².